The summed E-state index contributed by atoms with van der Waals surface area (Å²) in [4.78, 5) is 11.5. The molecule has 8 heteroatoms. The molecule has 0 bridgehead atoms. The van der Waals surface area contributed by atoms with Crippen LogP contribution in [0.1, 0.15) is 31.2 Å². The number of para-hydroxylation sites is 1. The minimum atomic E-state index is 0.214. The van der Waals surface area contributed by atoms with E-state index in [1.165, 1.54) is 25.7 Å². The molecule has 1 fully saturated rings. The smallest absolute Gasteiger partial charge is 0.225 e. The molecule has 4 rings (SSSR count). The maximum absolute atomic E-state index is 10.0. The van der Waals surface area contributed by atoms with Crippen molar-refractivity contribution in [2.45, 2.75) is 32.2 Å². The van der Waals surface area contributed by atoms with Gasteiger partial charge in [-0.1, -0.05) is 12.1 Å². The van der Waals surface area contributed by atoms with Gasteiger partial charge in [-0.3, -0.25) is 0 Å². The molecule has 0 aliphatic heterocycles. The van der Waals surface area contributed by atoms with E-state index in [1.54, 1.807) is 7.11 Å². The Bertz CT molecular complexity index is 1120. The average Bonchev–Trinajstić information content (AvgIpc) is 2.85. The van der Waals surface area contributed by atoms with Gasteiger partial charge < -0.3 is 25.4 Å². The molecule has 1 saturated carbocycles. The predicted molar refractivity (Wildman–Crippen MR) is 147 cm³/mol. The lowest BCUT2D eigenvalue weighted by molar-refractivity contribution is 0.275. The highest BCUT2D eigenvalue weighted by Crippen LogP contribution is 2.33. The molecule has 182 valence electrons. The molecule has 0 saturated heterocycles. The highest BCUT2D eigenvalue weighted by atomic mass is 127. The summed E-state index contributed by atoms with van der Waals surface area (Å²) in [5, 5.41) is 18.2. The number of nitrogens with one attached hydrogen (secondary N) is 2. The monoisotopic (exact) mass is 575 g/mol. The highest BCUT2D eigenvalue weighted by molar-refractivity contribution is 14.1. The van der Waals surface area contributed by atoms with Crippen molar-refractivity contribution in [2.75, 3.05) is 44.5 Å². The van der Waals surface area contributed by atoms with E-state index >= 15 is 0 Å². The first-order chi connectivity index (χ1) is 16.4. The SMILES string of the molecule is COc1cc(CNCC2CCC(CNc3nc(N(C)C)c4ccccc4n3)CC2)cc(I)c1O. The molecule has 0 atom stereocenters. The van der Waals surface area contributed by atoms with Crippen molar-refractivity contribution in [2.24, 2.45) is 11.8 Å². The second kappa shape index (κ2) is 11.4. The van der Waals surface area contributed by atoms with Crippen LogP contribution in [-0.4, -0.2) is 49.4 Å². The zero-order chi connectivity index (χ0) is 24.1. The largest absolute Gasteiger partial charge is 0.504 e. The number of fused-ring (bicyclic) bond motifs is 1. The topological polar surface area (TPSA) is 82.5 Å². The number of phenolic OH excluding ortho intramolecular Hbond substituents is 1. The van der Waals surface area contributed by atoms with Gasteiger partial charge in [-0.25, -0.2) is 4.98 Å². The van der Waals surface area contributed by atoms with Crippen LogP contribution in [0.15, 0.2) is 36.4 Å². The van der Waals surface area contributed by atoms with E-state index in [4.69, 9.17) is 14.7 Å². The molecule has 0 radical (unpaired) electrons. The molecule has 1 aliphatic rings. The Morgan fingerprint density at radius 1 is 1.06 bits per heavy atom. The molecule has 3 aromatic rings. The Hall–Kier alpha value is -2.33. The number of hydrogen-bond donors (Lipinski definition) is 3. The Morgan fingerprint density at radius 2 is 1.76 bits per heavy atom. The number of halogens is 1. The van der Waals surface area contributed by atoms with Crippen LogP contribution in [0.4, 0.5) is 11.8 Å². The van der Waals surface area contributed by atoms with Crippen LogP contribution in [0.2, 0.25) is 0 Å². The summed E-state index contributed by atoms with van der Waals surface area (Å²) in [6.45, 7) is 2.71. The molecular weight excluding hydrogens is 541 g/mol. The lowest BCUT2D eigenvalue weighted by Gasteiger charge is -2.29. The van der Waals surface area contributed by atoms with Gasteiger partial charge >= 0.3 is 0 Å². The first kappa shape index (κ1) is 24.8. The van der Waals surface area contributed by atoms with E-state index in [9.17, 15) is 5.11 Å². The number of rotatable bonds is 9. The summed E-state index contributed by atoms with van der Waals surface area (Å²) in [6.07, 6.45) is 4.91. The Balaban J connectivity index is 1.24. The molecule has 1 heterocycles. The summed E-state index contributed by atoms with van der Waals surface area (Å²) >= 11 is 2.14. The van der Waals surface area contributed by atoms with Crippen LogP contribution in [0.5, 0.6) is 11.5 Å². The minimum Gasteiger partial charge on any atom is -0.504 e. The first-order valence-corrected chi connectivity index (χ1v) is 13.0. The van der Waals surface area contributed by atoms with Crippen LogP contribution in [0, 0.1) is 15.4 Å². The van der Waals surface area contributed by atoms with E-state index in [0.29, 0.717) is 23.5 Å². The molecule has 0 unspecified atom stereocenters. The fourth-order valence-corrected chi connectivity index (χ4v) is 5.33. The first-order valence-electron chi connectivity index (χ1n) is 11.9. The van der Waals surface area contributed by atoms with Gasteiger partial charge in [0.05, 0.1) is 16.2 Å². The third-order valence-corrected chi connectivity index (χ3v) is 7.41. The number of anilines is 2. The van der Waals surface area contributed by atoms with E-state index in [-0.39, 0.29) is 5.75 Å². The van der Waals surface area contributed by atoms with Gasteiger partial charge in [0, 0.05) is 32.6 Å². The number of aromatic nitrogens is 2. The van der Waals surface area contributed by atoms with Gasteiger partial charge in [-0.2, -0.15) is 4.98 Å². The van der Waals surface area contributed by atoms with E-state index in [0.717, 1.165) is 45.5 Å². The van der Waals surface area contributed by atoms with Gasteiger partial charge in [-0.15, -0.1) is 0 Å². The third kappa shape index (κ3) is 6.02. The van der Waals surface area contributed by atoms with Crippen LogP contribution in [-0.2, 0) is 6.54 Å². The number of methoxy groups -OCH3 is 1. The number of aromatic hydroxyl groups is 1. The Kier molecular flexibility index (Phi) is 8.31. The van der Waals surface area contributed by atoms with Crippen LogP contribution in [0.3, 0.4) is 0 Å². The van der Waals surface area contributed by atoms with Crippen LogP contribution in [0.25, 0.3) is 10.9 Å². The maximum atomic E-state index is 10.0. The molecule has 7 nitrogen and oxygen atoms in total. The number of ether oxygens (including phenoxy) is 1. The Morgan fingerprint density at radius 3 is 2.47 bits per heavy atom. The lowest BCUT2D eigenvalue weighted by atomic mass is 9.82. The van der Waals surface area contributed by atoms with Crippen molar-refractivity contribution >= 4 is 45.3 Å². The van der Waals surface area contributed by atoms with Crippen molar-refractivity contribution in [3.05, 3.63) is 45.5 Å². The quantitative estimate of drug-likeness (QED) is 0.309. The molecule has 0 amide bonds. The fourth-order valence-electron chi connectivity index (χ4n) is 4.66. The van der Waals surface area contributed by atoms with Crippen molar-refractivity contribution in [1.29, 1.82) is 0 Å². The molecule has 1 aliphatic carbocycles. The van der Waals surface area contributed by atoms with Gasteiger partial charge in [0.2, 0.25) is 5.95 Å². The second-order valence-electron chi connectivity index (χ2n) is 9.31. The van der Waals surface area contributed by atoms with E-state index < -0.39 is 0 Å². The molecule has 1 aromatic heterocycles. The molecule has 3 N–H and O–H groups in total. The summed E-state index contributed by atoms with van der Waals surface area (Å²) in [7, 11) is 5.63. The number of benzene rings is 2. The normalized spacial score (nSPS) is 18.1. The molecule has 2 aromatic carbocycles. The fraction of sp³-hybridized carbons (Fsp3) is 0.462. The van der Waals surface area contributed by atoms with Gasteiger partial charge in [0.25, 0.3) is 0 Å². The number of nitrogens with zero attached hydrogens (tertiary/aromatic N) is 3. The average molecular weight is 575 g/mol. The summed E-state index contributed by atoms with van der Waals surface area (Å²) in [6, 6.07) is 12.1. The Labute approximate surface area is 215 Å². The van der Waals surface area contributed by atoms with Crippen molar-refractivity contribution in [1.82, 2.24) is 15.3 Å². The van der Waals surface area contributed by atoms with Crippen molar-refractivity contribution in [3.8, 4) is 11.5 Å². The molecular formula is C26H34IN5O2. The highest BCUT2D eigenvalue weighted by Gasteiger charge is 2.21. The summed E-state index contributed by atoms with van der Waals surface area (Å²) < 4.78 is 6.08. The zero-order valence-electron chi connectivity index (χ0n) is 20.1. The zero-order valence-corrected chi connectivity index (χ0v) is 22.3. The van der Waals surface area contributed by atoms with E-state index in [1.807, 2.05) is 49.3 Å². The number of phenols is 1. The molecule has 0 spiro atoms. The van der Waals surface area contributed by atoms with Crippen LogP contribution >= 0.6 is 22.6 Å². The maximum Gasteiger partial charge on any atom is 0.225 e. The standard InChI is InChI=1S/C26H34IN5O2/c1-32(2)25-20-6-4-5-7-22(20)30-26(31-25)29-16-18-10-8-17(9-11-18)14-28-15-19-12-21(27)24(33)23(13-19)34-3/h4-7,12-13,17-18,28,33H,8-11,14-16H2,1-3H3,(H,29,30,31). The lowest BCUT2D eigenvalue weighted by Crippen LogP contribution is -2.28. The second-order valence-corrected chi connectivity index (χ2v) is 10.5. The van der Waals surface area contributed by atoms with Gasteiger partial charge in [0.15, 0.2) is 11.5 Å². The number of hydrogen-bond acceptors (Lipinski definition) is 7. The predicted octanol–water partition coefficient (Wildman–Crippen LogP) is 5.02. The van der Waals surface area contributed by atoms with Crippen molar-refractivity contribution < 1.29 is 9.84 Å². The van der Waals surface area contributed by atoms with Crippen molar-refractivity contribution in [3.63, 3.8) is 0 Å². The van der Waals surface area contributed by atoms with Crippen LogP contribution < -0.4 is 20.3 Å². The molecule has 34 heavy (non-hydrogen) atoms. The van der Waals surface area contributed by atoms with E-state index in [2.05, 4.69) is 39.3 Å². The van der Waals surface area contributed by atoms with Gasteiger partial charge in [-0.05, 0) is 96.5 Å². The summed E-state index contributed by atoms with van der Waals surface area (Å²) in [5.74, 6) is 3.76. The van der Waals surface area contributed by atoms with Gasteiger partial charge in [0.1, 0.15) is 5.82 Å². The minimum absolute atomic E-state index is 0.214. The summed E-state index contributed by atoms with van der Waals surface area (Å²) in [5.41, 5.74) is 2.10. The third-order valence-electron chi connectivity index (χ3n) is 6.59.